The van der Waals surface area contributed by atoms with Crippen LogP contribution in [0.15, 0.2) is 54.6 Å². The second-order valence-corrected chi connectivity index (χ2v) is 4.53. The fraction of sp³-hybridized carbons (Fsp3) is 0.188. The van der Waals surface area contributed by atoms with Crippen LogP contribution in [0.4, 0.5) is 0 Å². The van der Waals surface area contributed by atoms with Crippen LogP contribution >= 0.6 is 0 Å². The number of fused-ring (bicyclic) bond motifs is 1. The minimum atomic E-state index is 0.00796. The SMILES string of the molecule is N#CC1c2ccccc2CC1c1ccccc1. The van der Waals surface area contributed by atoms with Gasteiger partial charge < -0.3 is 0 Å². The van der Waals surface area contributed by atoms with Crippen LogP contribution in [-0.2, 0) is 6.42 Å². The van der Waals surface area contributed by atoms with Crippen LogP contribution in [-0.4, -0.2) is 0 Å². The van der Waals surface area contributed by atoms with Gasteiger partial charge in [0.2, 0.25) is 0 Å². The van der Waals surface area contributed by atoms with E-state index in [0.29, 0.717) is 5.92 Å². The predicted molar refractivity (Wildman–Crippen MR) is 67.7 cm³/mol. The average Bonchev–Trinajstić information content (AvgIpc) is 2.78. The van der Waals surface area contributed by atoms with Crippen LogP contribution < -0.4 is 0 Å². The Hall–Kier alpha value is -2.07. The van der Waals surface area contributed by atoms with Crippen molar-refractivity contribution in [1.82, 2.24) is 0 Å². The highest BCUT2D eigenvalue weighted by atomic mass is 14.4. The highest BCUT2D eigenvalue weighted by Gasteiger charge is 2.32. The van der Waals surface area contributed by atoms with Gasteiger partial charge in [-0.05, 0) is 23.1 Å². The van der Waals surface area contributed by atoms with Gasteiger partial charge in [0.1, 0.15) is 0 Å². The molecule has 1 heteroatoms. The summed E-state index contributed by atoms with van der Waals surface area (Å²) in [5, 5.41) is 9.39. The highest BCUT2D eigenvalue weighted by molar-refractivity contribution is 5.45. The van der Waals surface area contributed by atoms with Gasteiger partial charge in [0.25, 0.3) is 0 Å². The summed E-state index contributed by atoms with van der Waals surface area (Å²) in [4.78, 5) is 0. The molecule has 0 amide bonds. The second-order valence-electron chi connectivity index (χ2n) is 4.53. The lowest BCUT2D eigenvalue weighted by atomic mass is 9.88. The summed E-state index contributed by atoms with van der Waals surface area (Å²) < 4.78 is 0. The van der Waals surface area contributed by atoms with E-state index in [2.05, 4.69) is 36.4 Å². The summed E-state index contributed by atoms with van der Waals surface area (Å²) in [5.41, 5.74) is 3.81. The molecular formula is C16H13N. The zero-order valence-corrected chi connectivity index (χ0v) is 9.51. The molecule has 0 aromatic heterocycles. The summed E-state index contributed by atoms with van der Waals surface area (Å²) >= 11 is 0. The van der Waals surface area contributed by atoms with E-state index in [1.165, 1.54) is 16.7 Å². The minimum Gasteiger partial charge on any atom is -0.198 e. The van der Waals surface area contributed by atoms with E-state index in [9.17, 15) is 5.26 Å². The number of nitriles is 1. The molecular weight excluding hydrogens is 206 g/mol. The minimum absolute atomic E-state index is 0.00796. The van der Waals surface area contributed by atoms with Crippen LogP contribution in [0, 0.1) is 11.3 Å². The van der Waals surface area contributed by atoms with Gasteiger partial charge in [0.15, 0.2) is 0 Å². The molecule has 0 N–H and O–H groups in total. The van der Waals surface area contributed by atoms with Crippen LogP contribution in [0.25, 0.3) is 0 Å². The first-order chi connectivity index (χ1) is 8.40. The van der Waals surface area contributed by atoms with Crippen molar-refractivity contribution in [2.24, 2.45) is 0 Å². The van der Waals surface area contributed by atoms with Crippen LogP contribution in [0.2, 0.25) is 0 Å². The molecule has 82 valence electrons. The molecule has 0 spiro atoms. The Labute approximate surface area is 101 Å². The molecule has 0 saturated carbocycles. The van der Waals surface area contributed by atoms with Crippen molar-refractivity contribution in [3.8, 4) is 6.07 Å². The fourth-order valence-electron chi connectivity index (χ4n) is 2.77. The van der Waals surface area contributed by atoms with E-state index in [4.69, 9.17) is 0 Å². The molecule has 0 saturated heterocycles. The summed E-state index contributed by atoms with van der Waals surface area (Å²) in [5.74, 6) is 0.326. The maximum Gasteiger partial charge on any atom is 0.0787 e. The molecule has 1 aliphatic rings. The quantitative estimate of drug-likeness (QED) is 0.718. The van der Waals surface area contributed by atoms with E-state index in [-0.39, 0.29) is 5.92 Å². The Balaban J connectivity index is 2.04. The monoisotopic (exact) mass is 219 g/mol. The van der Waals surface area contributed by atoms with Gasteiger partial charge in [0, 0.05) is 5.92 Å². The third-order valence-corrected chi connectivity index (χ3v) is 3.60. The Kier molecular flexibility index (Phi) is 2.42. The van der Waals surface area contributed by atoms with Gasteiger partial charge in [-0.1, -0.05) is 54.6 Å². The first kappa shape index (κ1) is 10.1. The van der Waals surface area contributed by atoms with Gasteiger partial charge in [-0.3, -0.25) is 0 Å². The standard InChI is InChI=1S/C16H13N/c17-11-16-14-9-5-4-8-13(14)10-15(16)12-6-2-1-3-7-12/h1-9,15-16H,10H2. The van der Waals surface area contributed by atoms with Crippen LogP contribution in [0.1, 0.15) is 28.5 Å². The lowest BCUT2D eigenvalue weighted by molar-refractivity contribution is 0.682. The Morgan fingerprint density at radius 1 is 0.941 bits per heavy atom. The number of nitrogens with zero attached hydrogens (tertiary/aromatic N) is 1. The molecule has 0 fully saturated rings. The maximum absolute atomic E-state index is 9.39. The van der Waals surface area contributed by atoms with Crippen molar-refractivity contribution in [2.45, 2.75) is 18.3 Å². The zero-order valence-electron chi connectivity index (χ0n) is 9.51. The van der Waals surface area contributed by atoms with Gasteiger partial charge in [0.05, 0.1) is 12.0 Å². The molecule has 0 bridgehead atoms. The van der Waals surface area contributed by atoms with E-state index < -0.39 is 0 Å². The van der Waals surface area contributed by atoms with Crippen LogP contribution in [0.5, 0.6) is 0 Å². The van der Waals surface area contributed by atoms with Crippen LogP contribution in [0.3, 0.4) is 0 Å². The van der Waals surface area contributed by atoms with E-state index in [1.54, 1.807) is 0 Å². The normalized spacial score (nSPS) is 21.8. The maximum atomic E-state index is 9.39. The van der Waals surface area contributed by atoms with Crippen molar-refractivity contribution >= 4 is 0 Å². The van der Waals surface area contributed by atoms with E-state index in [1.807, 2.05) is 24.3 Å². The number of benzene rings is 2. The van der Waals surface area contributed by atoms with Crippen molar-refractivity contribution in [3.63, 3.8) is 0 Å². The van der Waals surface area contributed by atoms with Crippen molar-refractivity contribution in [3.05, 3.63) is 71.3 Å². The van der Waals surface area contributed by atoms with Gasteiger partial charge in [-0.2, -0.15) is 5.26 Å². The zero-order chi connectivity index (χ0) is 11.7. The third kappa shape index (κ3) is 1.62. The molecule has 2 aromatic carbocycles. The highest BCUT2D eigenvalue weighted by Crippen LogP contribution is 2.43. The van der Waals surface area contributed by atoms with Gasteiger partial charge in [-0.15, -0.1) is 0 Å². The lowest BCUT2D eigenvalue weighted by Crippen LogP contribution is -2.03. The van der Waals surface area contributed by atoms with Crippen molar-refractivity contribution < 1.29 is 0 Å². The molecule has 2 unspecified atom stereocenters. The molecule has 17 heavy (non-hydrogen) atoms. The predicted octanol–water partition coefficient (Wildman–Crippen LogP) is 3.63. The fourth-order valence-corrected chi connectivity index (χ4v) is 2.77. The molecule has 3 rings (SSSR count). The molecule has 2 atom stereocenters. The smallest absolute Gasteiger partial charge is 0.0787 e. The van der Waals surface area contributed by atoms with Gasteiger partial charge >= 0.3 is 0 Å². The average molecular weight is 219 g/mol. The van der Waals surface area contributed by atoms with Gasteiger partial charge in [-0.25, -0.2) is 0 Å². The first-order valence-electron chi connectivity index (χ1n) is 5.92. The number of hydrogen-bond donors (Lipinski definition) is 0. The molecule has 0 heterocycles. The van der Waals surface area contributed by atoms with Crippen molar-refractivity contribution in [1.29, 1.82) is 5.26 Å². The van der Waals surface area contributed by atoms with Crippen molar-refractivity contribution in [2.75, 3.05) is 0 Å². The third-order valence-electron chi connectivity index (χ3n) is 3.60. The lowest BCUT2D eigenvalue weighted by Gasteiger charge is -2.13. The molecule has 1 aliphatic carbocycles. The Morgan fingerprint density at radius 3 is 2.41 bits per heavy atom. The Morgan fingerprint density at radius 2 is 1.65 bits per heavy atom. The summed E-state index contributed by atoms with van der Waals surface area (Å²) in [6, 6.07) is 21.1. The van der Waals surface area contributed by atoms with E-state index in [0.717, 1.165) is 6.42 Å². The molecule has 0 aliphatic heterocycles. The number of rotatable bonds is 1. The largest absolute Gasteiger partial charge is 0.198 e. The van der Waals surface area contributed by atoms with E-state index >= 15 is 0 Å². The Bertz CT molecular complexity index is 566. The summed E-state index contributed by atoms with van der Waals surface area (Å²) in [6.45, 7) is 0. The second kappa shape index (κ2) is 4.07. The molecule has 2 aromatic rings. The summed E-state index contributed by atoms with van der Waals surface area (Å²) in [6.07, 6.45) is 0.985. The topological polar surface area (TPSA) is 23.8 Å². The molecule has 1 nitrogen and oxygen atoms in total. The first-order valence-corrected chi connectivity index (χ1v) is 5.92. The summed E-state index contributed by atoms with van der Waals surface area (Å²) in [7, 11) is 0. The number of hydrogen-bond acceptors (Lipinski definition) is 1. The molecule has 0 radical (unpaired) electrons.